The number of hydrogen-bond donors (Lipinski definition) is 1. The number of hydrogen-bond acceptors (Lipinski definition) is 4. The van der Waals surface area contributed by atoms with Gasteiger partial charge in [-0.15, -0.1) is 0 Å². The molecule has 0 amide bonds. The zero-order valence-electron chi connectivity index (χ0n) is 19.3. The molecule has 0 aliphatic rings. The lowest BCUT2D eigenvalue weighted by Crippen LogP contribution is -2.11. The zero-order valence-corrected chi connectivity index (χ0v) is 19.3. The van der Waals surface area contributed by atoms with Crippen LogP contribution in [-0.4, -0.2) is 40.3 Å². The van der Waals surface area contributed by atoms with Gasteiger partial charge in [-0.3, -0.25) is 4.99 Å². The van der Waals surface area contributed by atoms with Crippen molar-refractivity contribution in [3.63, 3.8) is 0 Å². The van der Waals surface area contributed by atoms with Crippen LogP contribution in [0, 0.1) is 13.8 Å². The molecular formula is C23H42N2O2. The monoisotopic (exact) mass is 378 g/mol. The Labute approximate surface area is 168 Å². The first-order chi connectivity index (χ1) is 12.8. The van der Waals surface area contributed by atoms with Crippen LogP contribution in [0.1, 0.15) is 51.3 Å². The van der Waals surface area contributed by atoms with Crippen LogP contribution in [0.5, 0.6) is 0 Å². The molecule has 0 spiro atoms. The van der Waals surface area contributed by atoms with Crippen LogP contribution in [0.2, 0.25) is 0 Å². The van der Waals surface area contributed by atoms with Gasteiger partial charge < -0.3 is 15.2 Å². The van der Waals surface area contributed by atoms with Crippen LogP contribution < -0.4 is 5.73 Å². The second-order valence-electron chi connectivity index (χ2n) is 5.62. The van der Waals surface area contributed by atoms with Crippen molar-refractivity contribution in [2.24, 2.45) is 10.7 Å². The summed E-state index contributed by atoms with van der Waals surface area (Å²) in [6, 6.07) is 6.41. The molecule has 0 atom stereocenters. The topological polar surface area (TPSA) is 56.8 Å². The Morgan fingerprint density at radius 2 is 1.52 bits per heavy atom. The van der Waals surface area contributed by atoms with Crippen LogP contribution in [0.15, 0.2) is 40.9 Å². The van der Waals surface area contributed by atoms with Gasteiger partial charge in [-0.25, -0.2) is 0 Å². The molecule has 1 aromatic carbocycles. The highest BCUT2D eigenvalue weighted by molar-refractivity contribution is 5.93. The lowest BCUT2D eigenvalue weighted by Gasteiger charge is -2.09. The molecule has 0 heterocycles. The van der Waals surface area contributed by atoms with Gasteiger partial charge in [-0.1, -0.05) is 61.4 Å². The summed E-state index contributed by atoms with van der Waals surface area (Å²) in [5, 5.41) is 0. The maximum Gasteiger partial charge on any atom is 0.211 e. The highest BCUT2D eigenvalue weighted by atomic mass is 16.5. The van der Waals surface area contributed by atoms with Crippen molar-refractivity contribution in [3.05, 3.63) is 52.6 Å². The normalized spacial score (nSPS) is 9.37. The third-order valence-electron chi connectivity index (χ3n) is 3.28. The molecule has 0 radical (unpaired) electrons. The lowest BCUT2D eigenvalue weighted by molar-refractivity contribution is 0.141. The van der Waals surface area contributed by atoms with E-state index in [1.54, 1.807) is 14.2 Å². The number of aryl methyl sites for hydroxylation is 2. The van der Waals surface area contributed by atoms with Crippen molar-refractivity contribution in [2.45, 2.75) is 48.5 Å². The van der Waals surface area contributed by atoms with E-state index in [4.69, 9.17) is 9.47 Å². The third-order valence-corrected chi connectivity index (χ3v) is 3.28. The molecule has 0 fully saturated rings. The summed E-state index contributed by atoms with van der Waals surface area (Å²) in [5.41, 5.74) is 10.6. The Morgan fingerprint density at radius 3 is 1.85 bits per heavy atom. The van der Waals surface area contributed by atoms with Crippen LogP contribution in [-0.2, 0) is 9.47 Å². The fraction of sp³-hybridized carbons (Fsp3) is 0.522. The lowest BCUT2D eigenvalue weighted by atomic mass is 10.1. The van der Waals surface area contributed by atoms with Gasteiger partial charge >= 0.3 is 0 Å². The summed E-state index contributed by atoms with van der Waals surface area (Å²) in [6.45, 7) is 19.1. The molecule has 0 unspecified atom stereocenters. The number of benzene rings is 1. The number of aliphatic imine (C=N–C) groups is 1. The summed E-state index contributed by atoms with van der Waals surface area (Å²) in [7, 11) is 4.88. The summed E-state index contributed by atoms with van der Waals surface area (Å²) in [4.78, 5) is 4.06. The van der Waals surface area contributed by atoms with Gasteiger partial charge in [0.15, 0.2) is 0 Å². The molecule has 0 aromatic heterocycles. The van der Waals surface area contributed by atoms with Crippen molar-refractivity contribution in [1.82, 2.24) is 0 Å². The Bertz CT molecular complexity index is 537. The number of allylic oxidation sites excluding steroid dienone is 1. The van der Waals surface area contributed by atoms with Crippen LogP contribution >= 0.6 is 0 Å². The minimum absolute atomic E-state index is 0.549. The molecule has 1 aromatic rings. The third kappa shape index (κ3) is 16.0. The molecule has 27 heavy (non-hydrogen) atoms. The van der Waals surface area contributed by atoms with E-state index in [1.165, 1.54) is 29.3 Å². The van der Waals surface area contributed by atoms with Crippen molar-refractivity contribution in [1.29, 1.82) is 0 Å². The van der Waals surface area contributed by atoms with Gasteiger partial charge in [0, 0.05) is 19.7 Å². The van der Waals surface area contributed by atoms with Gasteiger partial charge in [0.1, 0.15) is 6.61 Å². The van der Waals surface area contributed by atoms with E-state index in [-0.39, 0.29) is 0 Å². The summed E-state index contributed by atoms with van der Waals surface area (Å²) in [5.74, 6) is 0.706. The fourth-order valence-corrected chi connectivity index (χ4v) is 1.90. The number of nitrogens with two attached hydrogens (primary N) is 1. The molecular weight excluding hydrogens is 336 g/mol. The Balaban J connectivity index is -0.000000366. The molecule has 2 N–H and O–H groups in total. The first-order valence-electron chi connectivity index (χ1n) is 9.37. The predicted octanol–water partition coefficient (Wildman–Crippen LogP) is 5.58. The van der Waals surface area contributed by atoms with Gasteiger partial charge in [-0.2, -0.15) is 0 Å². The first-order valence-corrected chi connectivity index (χ1v) is 9.37. The number of methoxy groups -OCH3 is 1. The van der Waals surface area contributed by atoms with E-state index in [2.05, 4.69) is 49.4 Å². The molecule has 0 saturated heterocycles. The summed E-state index contributed by atoms with van der Waals surface area (Å²) >= 11 is 0. The molecule has 4 heteroatoms. The maximum absolute atomic E-state index is 5.42. The molecule has 1 rings (SSSR count). The molecule has 4 nitrogen and oxygen atoms in total. The zero-order chi connectivity index (χ0) is 21.8. The SMILES string of the molecule is C=Cc1cc(C)cc(C)c1.CC.CN.CN=C(OCCOC)C(C)=C(C)C. The average molecular weight is 379 g/mol. The van der Waals surface area contributed by atoms with Gasteiger partial charge in [0.05, 0.1) is 6.61 Å². The van der Waals surface area contributed by atoms with Crippen LogP contribution in [0.4, 0.5) is 0 Å². The highest BCUT2D eigenvalue weighted by Gasteiger charge is 2.03. The van der Waals surface area contributed by atoms with E-state index in [0.29, 0.717) is 19.1 Å². The minimum Gasteiger partial charge on any atom is -0.475 e. The Hall–Kier alpha value is -1.91. The second-order valence-corrected chi connectivity index (χ2v) is 5.62. The average Bonchev–Trinajstić information content (AvgIpc) is 2.67. The van der Waals surface area contributed by atoms with Crippen molar-refractivity contribution >= 4 is 12.0 Å². The fourth-order valence-electron chi connectivity index (χ4n) is 1.90. The van der Waals surface area contributed by atoms with Crippen LogP contribution in [0.25, 0.3) is 6.08 Å². The highest BCUT2D eigenvalue weighted by Crippen LogP contribution is 2.09. The Morgan fingerprint density at radius 1 is 1.04 bits per heavy atom. The van der Waals surface area contributed by atoms with Crippen molar-refractivity contribution in [2.75, 3.05) is 34.4 Å². The smallest absolute Gasteiger partial charge is 0.211 e. The standard InChI is InChI=1S/C10H19NO2.C10H12.C2H6.CH5N/c1-8(2)9(3)10(11-4)13-7-6-12-5;1-4-10-6-8(2)5-9(3)7-10;2*1-2/h6-7H2,1-5H3;4-7H,1H2,2-3H3;1-2H3;2H2,1H3. The molecule has 0 bridgehead atoms. The van der Waals surface area contributed by atoms with E-state index in [9.17, 15) is 0 Å². The van der Waals surface area contributed by atoms with Gasteiger partial charge in [0.2, 0.25) is 5.90 Å². The molecule has 156 valence electrons. The van der Waals surface area contributed by atoms with E-state index in [0.717, 1.165) is 5.57 Å². The second kappa shape index (κ2) is 20.4. The van der Waals surface area contributed by atoms with Crippen molar-refractivity contribution < 1.29 is 9.47 Å². The van der Waals surface area contributed by atoms with Crippen molar-refractivity contribution in [3.8, 4) is 0 Å². The van der Waals surface area contributed by atoms with E-state index >= 15 is 0 Å². The maximum atomic E-state index is 5.42. The molecule has 0 aliphatic heterocycles. The molecule has 0 saturated carbocycles. The van der Waals surface area contributed by atoms with E-state index < -0.39 is 0 Å². The van der Waals surface area contributed by atoms with Gasteiger partial charge in [-0.05, 0) is 47.2 Å². The number of ether oxygens (including phenoxy) is 2. The Kier molecular flexibility index (Phi) is 22.5. The first kappa shape index (κ1) is 29.8. The number of rotatable bonds is 5. The quantitative estimate of drug-likeness (QED) is 0.413. The van der Waals surface area contributed by atoms with E-state index in [1.807, 2.05) is 40.7 Å². The molecule has 0 aliphatic carbocycles. The van der Waals surface area contributed by atoms with Gasteiger partial charge in [0.25, 0.3) is 0 Å². The number of nitrogens with zero attached hydrogens (tertiary/aromatic N) is 1. The predicted molar refractivity (Wildman–Crippen MR) is 123 cm³/mol. The summed E-state index contributed by atoms with van der Waals surface area (Å²) in [6.07, 6.45) is 1.88. The summed E-state index contributed by atoms with van der Waals surface area (Å²) < 4.78 is 10.3. The minimum atomic E-state index is 0.549. The van der Waals surface area contributed by atoms with Crippen LogP contribution in [0.3, 0.4) is 0 Å². The largest absolute Gasteiger partial charge is 0.475 e.